The van der Waals surface area contributed by atoms with E-state index in [1.54, 1.807) is 30.6 Å². The van der Waals surface area contributed by atoms with Gasteiger partial charge in [-0.1, -0.05) is 35.8 Å². The average Bonchev–Trinajstić information content (AvgIpc) is 2.55. The van der Waals surface area contributed by atoms with Gasteiger partial charge in [0.2, 0.25) is 0 Å². The lowest BCUT2D eigenvalue weighted by Crippen LogP contribution is -2.43. The van der Waals surface area contributed by atoms with Gasteiger partial charge in [0.15, 0.2) is 0 Å². The van der Waals surface area contributed by atoms with Gasteiger partial charge in [-0.25, -0.2) is 0 Å². The van der Waals surface area contributed by atoms with Crippen LogP contribution in [0.4, 0.5) is 5.69 Å². The van der Waals surface area contributed by atoms with Gasteiger partial charge in [-0.05, 0) is 35.9 Å². The molecule has 2 rings (SSSR count). The predicted octanol–water partition coefficient (Wildman–Crippen LogP) is 3.44. The quantitative estimate of drug-likeness (QED) is 0.718. The molecular formula is C16H20BrN3O2S. The first-order chi connectivity index (χ1) is 11.0. The van der Waals surface area contributed by atoms with Crippen molar-refractivity contribution >= 4 is 31.8 Å². The zero-order valence-corrected chi connectivity index (χ0v) is 15.6. The topological polar surface area (TPSA) is 53.5 Å². The van der Waals surface area contributed by atoms with Gasteiger partial charge in [-0.2, -0.15) is 12.7 Å². The third-order valence-corrected chi connectivity index (χ3v) is 6.07. The molecule has 1 aromatic carbocycles. The zero-order valence-electron chi connectivity index (χ0n) is 13.2. The van der Waals surface area contributed by atoms with Crippen LogP contribution in [0.25, 0.3) is 0 Å². The second kappa shape index (κ2) is 7.90. The van der Waals surface area contributed by atoms with E-state index in [0.717, 1.165) is 10.0 Å². The van der Waals surface area contributed by atoms with Gasteiger partial charge in [-0.15, -0.1) is 0 Å². The lowest BCUT2D eigenvalue weighted by atomic mass is 10.2. The Bertz CT molecular complexity index is 717. The van der Waals surface area contributed by atoms with Crippen LogP contribution in [0.5, 0.6) is 0 Å². The molecule has 0 bridgehead atoms. The standard InChI is InChI=1S/C16H20BrN3O2S/c1-3-19(4-2)23(21,22)20(13-14-6-5-11-18-12-14)16-9-7-15(17)8-10-16/h5-12H,3-4,13H2,1-2H3. The highest BCUT2D eigenvalue weighted by molar-refractivity contribution is 9.10. The Morgan fingerprint density at radius 3 is 2.26 bits per heavy atom. The van der Waals surface area contributed by atoms with E-state index < -0.39 is 10.2 Å². The summed E-state index contributed by atoms with van der Waals surface area (Å²) in [6.45, 7) is 4.78. The first kappa shape index (κ1) is 17.9. The van der Waals surface area contributed by atoms with Crippen molar-refractivity contribution in [2.45, 2.75) is 20.4 Å². The lowest BCUT2D eigenvalue weighted by Gasteiger charge is -2.30. The molecule has 0 spiro atoms. The van der Waals surface area contributed by atoms with Gasteiger partial charge >= 0.3 is 10.2 Å². The minimum atomic E-state index is -3.60. The van der Waals surface area contributed by atoms with Crippen LogP contribution < -0.4 is 4.31 Å². The molecule has 124 valence electrons. The minimum Gasteiger partial charge on any atom is -0.264 e. The predicted molar refractivity (Wildman–Crippen MR) is 96.4 cm³/mol. The number of rotatable bonds is 7. The number of nitrogens with zero attached hydrogens (tertiary/aromatic N) is 3. The molecule has 0 saturated heterocycles. The third kappa shape index (κ3) is 4.31. The Morgan fingerprint density at radius 2 is 1.74 bits per heavy atom. The summed E-state index contributed by atoms with van der Waals surface area (Å²) in [6.07, 6.45) is 3.36. The molecule has 0 aliphatic heterocycles. The van der Waals surface area contributed by atoms with E-state index in [1.807, 2.05) is 32.0 Å². The van der Waals surface area contributed by atoms with Crippen molar-refractivity contribution in [3.05, 3.63) is 58.8 Å². The van der Waals surface area contributed by atoms with Crippen LogP contribution in [0, 0.1) is 0 Å². The monoisotopic (exact) mass is 397 g/mol. The molecule has 5 nitrogen and oxygen atoms in total. The van der Waals surface area contributed by atoms with E-state index in [1.165, 1.54) is 8.61 Å². The summed E-state index contributed by atoms with van der Waals surface area (Å²) in [6, 6.07) is 10.9. The van der Waals surface area contributed by atoms with Crippen molar-refractivity contribution in [2.24, 2.45) is 0 Å². The van der Waals surface area contributed by atoms with Crippen molar-refractivity contribution in [1.82, 2.24) is 9.29 Å². The smallest absolute Gasteiger partial charge is 0.264 e. The molecular weight excluding hydrogens is 378 g/mol. The maximum atomic E-state index is 13.0. The van der Waals surface area contributed by atoms with E-state index in [0.29, 0.717) is 18.8 Å². The Labute approximate surface area is 146 Å². The second-order valence-corrected chi connectivity index (χ2v) is 7.70. The largest absolute Gasteiger partial charge is 0.304 e. The number of anilines is 1. The number of benzene rings is 1. The highest BCUT2D eigenvalue weighted by Crippen LogP contribution is 2.25. The fraction of sp³-hybridized carbons (Fsp3) is 0.312. The van der Waals surface area contributed by atoms with Crippen molar-refractivity contribution in [1.29, 1.82) is 0 Å². The van der Waals surface area contributed by atoms with Gasteiger partial charge in [0.05, 0.1) is 12.2 Å². The van der Waals surface area contributed by atoms with Crippen LogP contribution in [0.15, 0.2) is 53.3 Å². The van der Waals surface area contributed by atoms with Gasteiger partial charge in [0.25, 0.3) is 0 Å². The van der Waals surface area contributed by atoms with E-state index >= 15 is 0 Å². The molecule has 0 aliphatic rings. The molecule has 0 atom stereocenters. The highest BCUT2D eigenvalue weighted by Gasteiger charge is 2.28. The Kier molecular flexibility index (Phi) is 6.15. The maximum absolute atomic E-state index is 13.0. The van der Waals surface area contributed by atoms with Crippen LogP contribution in [-0.2, 0) is 16.8 Å². The van der Waals surface area contributed by atoms with Crippen LogP contribution >= 0.6 is 15.9 Å². The van der Waals surface area contributed by atoms with E-state index in [2.05, 4.69) is 20.9 Å². The van der Waals surface area contributed by atoms with Crippen LogP contribution in [-0.4, -0.2) is 30.8 Å². The molecule has 1 heterocycles. The summed E-state index contributed by atoms with van der Waals surface area (Å²) in [5, 5.41) is 0. The van der Waals surface area contributed by atoms with E-state index in [4.69, 9.17) is 0 Å². The molecule has 23 heavy (non-hydrogen) atoms. The maximum Gasteiger partial charge on any atom is 0.304 e. The minimum absolute atomic E-state index is 0.244. The van der Waals surface area contributed by atoms with E-state index in [-0.39, 0.29) is 6.54 Å². The SMILES string of the molecule is CCN(CC)S(=O)(=O)N(Cc1cccnc1)c1ccc(Br)cc1. The van der Waals surface area contributed by atoms with Gasteiger partial charge in [-0.3, -0.25) is 9.29 Å². The normalized spacial score (nSPS) is 11.7. The molecule has 0 unspecified atom stereocenters. The van der Waals surface area contributed by atoms with Crippen LogP contribution in [0.3, 0.4) is 0 Å². The summed E-state index contributed by atoms with van der Waals surface area (Å²) < 4.78 is 29.8. The average molecular weight is 398 g/mol. The number of hydrogen-bond acceptors (Lipinski definition) is 3. The molecule has 7 heteroatoms. The molecule has 0 N–H and O–H groups in total. The number of aromatic nitrogens is 1. The van der Waals surface area contributed by atoms with E-state index in [9.17, 15) is 8.42 Å². The molecule has 0 aliphatic carbocycles. The van der Waals surface area contributed by atoms with Crippen molar-refractivity contribution < 1.29 is 8.42 Å². The second-order valence-electron chi connectivity index (χ2n) is 4.94. The summed E-state index contributed by atoms with van der Waals surface area (Å²) in [5.74, 6) is 0. The molecule has 0 amide bonds. The van der Waals surface area contributed by atoms with Crippen molar-refractivity contribution in [3.63, 3.8) is 0 Å². The first-order valence-corrected chi connectivity index (χ1v) is 9.60. The molecule has 2 aromatic rings. The molecule has 0 saturated carbocycles. The van der Waals surface area contributed by atoms with Crippen molar-refractivity contribution in [3.8, 4) is 0 Å². The van der Waals surface area contributed by atoms with Crippen LogP contribution in [0.2, 0.25) is 0 Å². The lowest BCUT2D eigenvalue weighted by molar-refractivity contribution is 0.441. The summed E-state index contributed by atoms with van der Waals surface area (Å²) in [5.41, 5.74) is 1.47. The summed E-state index contributed by atoms with van der Waals surface area (Å²) in [4.78, 5) is 4.07. The Hall–Kier alpha value is -1.44. The third-order valence-electron chi connectivity index (χ3n) is 3.47. The zero-order chi connectivity index (χ0) is 16.9. The fourth-order valence-corrected chi connectivity index (χ4v) is 4.16. The Balaban J connectivity index is 2.44. The molecule has 0 fully saturated rings. The number of hydrogen-bond donors (Lipinski definition) is 0. The first-order valence-electron chi connectivity index (χ1n) is 7.41. The molecule has 0 radical (unpaired) electrons. The van der Waals surface area contributed by atoms with Gasteiger partial charge in [0.1, 0.15) is 0 Å². The highest BCUT2D eigenvalue weighted by atomic mass is 79.9. The van der Waals surface area contributed by atoms with Crippen LogP contribution in [0.1, 0.15) is 19.4 Å². The summed E-state index contributed by atoms with van der Waals surface area (Å²) >= 11 is 3.38. The van der Waals surface area contributed by atoms with Crippen molar-refractivity contribution in [2.75, 3.05) is 17.4 Å². The Morgan fingerprint density at radius 1 is 1.09 bits per heavy atom. The fourth-order valence-electron chi connectivity index (χ4n) is 2.26. The summed E-state index contributed by atoms with van der Waals surface area (Å²) in [7, 11) is -3.60. The van der Waals surface area contributed by atoms with Gasteiger partial charge in [0, 0.05) is 30.0 Å². The molecule has 1 aromatic heterocycles. The van der Waals surface area contributed by atoms with Gasteiger partial charge < -0.3 is 0 Å². The number of pyridine rings is 1. The number of halogens is 1.